The highest BCUT2D eigenvalue weighted by atomic mass is 31.2. The van der Waals surface area contributed by atoms with Crippen LogP contribution >= 0.6 is 7.82 Å². The van der Waals surface area contributed by atoms with Crippen LogP contribution in [0.3, 0.4) is 0 Å². The van der Waals surface area contributed by atoms with Crippen molar-refractivity contribution in [1.29, 1.82) is 0 Å². The molecule has 9 nitrogen and oxygen atoms in total. The summed E-state index contributed by atoms with van der Waals surface area (Å²) >= 11 is 0. The molecule has 0 aromatic heterocycles. The highest BCUT2D eigenvalue weighted by Gasteiger charge is 2.26. The topological polar surface area (TPSA) is 132 Å². The van der Waals surface area contributed by atoms with Crippen LogP contribution in [0.2, 0.25) is 0 Å². The summed E-state index contributed by atoms with van der Waals surface area (Å²) < 4.78 is 33.2. The fourth-order valence-corrected chi connectivity index (χ4v) is 5.82. The Kier molecular flexibility index (Phi) is 38.0. The molecule has 0 radical (unpaired) electrons. The van der Waals surface area contributed by atoms with E-state index in [1.165, 1.54) is 25.7 Å². The molecule has 0 rings (SSSR count). The van der Waals surface area contributed by atoms with Gasteiger partial charge in [0.2, 0.25) is 0 Å². The summed E-state index contributed by atoms with van der Waals surface area (Å²) in [4.78, 5) is 22.5. The molecule has 3 atom stereocenters. The second-order valence-corrected chi connectivity index (χ2v) is 14.7. The molecular formula is C43H75O9P. The van der Waals surface area contributed by atoms with Crippen LogP contribution in [0, 0.1) is 0 Å². The molecule has 0 aliphatic carbocycles. The lowest BCUT2D eigenvalue weighted by atomic mass is 10.1. The van der Waals surface area contributed by atoms with Crippen LogP contribution in [-0.2, 0) is 27.9 Å². The van der Waals surface area contributed by atoms with E-state index in [2.05, 4.69) is 86.8 Å². The van der Waals surface area contributed by atoms with Crippen LogP contribution in [-0.4, -0.2) is 66.3 Å². The first-order valence-electron chi connectivity index (χ1n) is 20.4. The average molecular weight is 767 g/mol. The third-order valence-corrected chi connectivity index (χ3v) is 9.06. The van der Waals surface area contributed by atoms with Crippen molar-refractivity contribution in [2.24, 2.45) is 0 Å². The van der Waals surface area contributed by atoms with E-state index >= 15 is 0 Å². The summed E-state index contributed by atoms with van der Waals surface area (Å²) in [6.45, 7) is 3.28. The van der Waals surface area contributed by atoms with Crippen molar-refractivity contribution >= 4 is 13.8 Å². The van der Waals surface area contributed by atoms with E-state index in [1.54, 1.807) is 0 Å². The molecule has 3 N–H and O–H groups in total. The van der Waals surface area contributed by atoms with Gasteiger partial charge in [0.1, 0.15) is 12.2 Å². The van der Waals surface area contributed by atoms with E-state index in [4.69, 9.17) is 23.6 Å². The maximum absolute atomic E-state index is 12.6. The second-order valence-electron chi connectivity index (χ2n) is 13.3. The summed E-state index contributed by atoms with van der Waals surface area (Å²) in [7, 11) is -4.52. The van der Waals surface area contributed by atoms with E-state index < -0.39 is 45.8 Å². The van der Waals surface area contributed by atoms with Crippen molar-refractivity contribution in [3.8, 4) is 0 Å². The fraction of sp³-hybridized carbons (Fsp3) is 0.698. The number of hydrogen-bond donors (Lipinski definition) is 3. The van der Waals surface area contributed by atoms with Crippen molar-refractivity contribution in [3.05, 3.63) is 72.9 Å². The largest absolute Gasteiger partial charge is 0.472 e. The van der Waals surface area contributed by atoms with Crippen molar-refractivity contribution in [3.63, 3.8) is 0 Å². The van der Waals surface area contributed by atoms with E-state index in [9.17, 15) is 19.4 Å². The smallest absolute Gasteiger partial charge is 0.457 e. The minimum absolute atomic E-state index is 0.0326. The number of esters is 1. The van der Waals surface area contributed by atoms with Crippen LogP contribution in [0.25, 0.3) is 0 Å². The van der Waals surface area contributed by atoms with Crippen LogP contribution < -0.4 is 0 Å². The summed E-state index contributed by atoms with van der Waals surface area (Å²) in [6.07, 6.45) is 45.7. The molecule has 0 aliphatic heterocycles. The average Bonchev–Trinajstić information content (AvgIpc) is 3.15. The number of aliphatic hydroxyl groups is 2. The first-order valence-corrected chi connectivity index (χ1v) is 21.9. The van der Waals surface area contributed by atoms with Gasteiger partial charge >= 0.3 is 13.8 Å². The molecule has 0 bridgehead atoms. The number of phosphoric acid groups is 1. The van der Waals surface area contributed by atoms with Gasteiger partial charge in [0, 0.05) is 13.0 Å². The normalized spacial score (nSPS) is 14.9. The van der Waals surface area contributed by atoms with Crippen LogP contribution in [0.5, 0.6) is 0 Å². The first kappa shape index (κ1) is 50.9. The lowest BCUT2D eigenvalue weighted by Crippen LogP contribution is -2.29. The number of hydrogen-bond acceptors (Lipinski definition) is 8. The maximum Gasteiger partial charge on any atom is 0.472 e. The molecule has 0 spiro atoms. The van der Waals surface area contributed by atoms with E-state index in [0.717, 1.165) is 96.3 Å². The van der Waals surface area contributed by atoms with Gasteiger partial charge in [-0.25, -0.2) is 4.57 Å². The molecule has 0 fully saturated rings. The van der Waals surface area contributed by atoms with E-state index in [0.29, 0.717) is 13.0 Å². The molecule has 0 saturated carbocycles. The molecule has 3 unspecified atom stereocenters. The molecule has 306 valence electrons. The molecular weight excluding hydrogens is 691 g/mol. The number of ether oxygens (including phenoxy) is 2. The van der Waals surface area contributed by atoms with Gasteiger partial charge in [-0.05, 0) is 77.0 Å². The molecule has 0 saturated heterocycles. The zero-order chi connectivity index (χ0) is 38.9. The van der Waals surface area contributed by atoms with Crippen LogP contribution in [0.1, 0.15) is 149 Å². The summed E-state index contributed by atoms with van der Waals surface area (Å²) in [6, 6.07) is 0. The number of carbonyl (C=O) groups excluding carboxylic acids is 1. The second kappa shape index (κ2) is 39.6. The van der Waals surface area contributed by atoms with Gasteiger partial charge in [-0.2, -0.15) is 0 Å². The van der Waals surface area contributed by atoms with Crippen molar-refractivity contribution in [2.45, 2.75) is 161 Å². The Bertz CT molecular complexity index is 1050. The van der Waals surface area contributed by atoms with Gasteiger partial charge < -0.3 is 24.6 Å². The predicted octanol–water partition coefficient (Wildman–Crippen LogP) is 11.0. The number of aliphatic hydroxyl groups excluding tert-OH is 2. The zero-order valence-corrected chi connectivity index (χ0v) is 34.1. The number of carbonyl (C=O) groups is 1. The Balaban J connectivity index is 4.23. The number of rotatable bonds is 38. The zero-order valence-electron chi connectivity index (χ0n) is 33.2. The van der Waals surface area contributed by atoms with Crippen molar-refractivity contribution in [2.75, 3.05) is 33.0 Å². The molecule has 10 heteroatoms. The first-order chi connectivity index (χ1) is 25.8. The van der Waals surface area contributed by atoms with Crippen LogP contribution in [0.15, 0.2) is 72.9 Å². The standard InChI is InChI=1S/C43H75O9P/c1-3-5-7-9-11-13-15-16-17-18-19-20-21-22-23-24-25-27-29-31-33-35-43(46)52-42(40-51-53(47,48)50-38-41(45)37-44)39-49-36-34-32-30-28-26-14-12-10-8-6-4-2/h5,7-8,10-11,13,16-17,19-20,22-23,41-42,44-45H,3-4,6,9,12,14-15,18,21,24-40H2,1-2H3,(H,47,48)/b7-5-,10-8-,13-11-,17-16-,20-19-,23-22-. The van der Waals surface area contributed by atoms with Gasteiger partial charge in [0.05, 0.1) is 26.4 Å². The monoisotopic (exact) mass is 767 g/mol. The minimum atomic E-state index is -4.52. The van der Waals surface area contributed by atoms with Crippen molar-refractivity contribution < 1.29 is 43.0 Å². The van der Waals surface area contributed by atoms with Gasteiger partial charge in [0.25, 0.3) is 0 Å². The maximum atomic E-state index is 12.6. The number of phosphoric ester groups is 1. The van der Waals surface area contributed by atoms with Gasteiger partial charge in [0.15, 0.2) is 0 Å². The molecule has 0 aliphatic rings. The molecule has 53 heavy (non-hydrogen) atoms. The molecule has 0 aromatic carbocycles. The molecule has 0 amide bonds. The Hall–Kier alpha value is -2.10. The van der Waals surface area contributed by atoms with Gasteiger partial charge in [-0.15, -0.1) is 0 Å². The molecule has 0 heterocycles. The van der Waals surface area contributed by atoms with Gasteiger partial charge in [-0.1, -0.05) is 138 Å². The lowest BCUT2D eigenvalue weighted by Gasteiger charge is -2.20. The SMILES string of the molecule is CC/C=C\C/C=C\C/C=C\C/C=C\C/C=C\CCCCCCCC(=O)OC(COCCCCCCCC/C=C\CCC)COP(=O)(O)OCC(O)CO. The van der Waals surface area contributed by atoms with Gasteiger partial charge in [-0.3, -0.25) is 13.8 Å². The molecule has 0 aromatic rings. The Labute approximate surface area is 322 Å². The van der Waals surface area contributed by atoms with Crippen molar-refractivity contribution in [1.82, 2.24) is 0 Å². The summed E-state index contributed by atoms with van der Waals surface area (Å²) in [5, 5.41) is 18.3. The predicted molar refractivity (Wildman–Crippen MR) is 219 cm³/mol. The van der Waals surface area contributed by atoms with E-state index in [1.807, 2.05) is 0 Å². The Morgan fingerprint density at radius 2 is 1.08 bits per heavy atom. The summed E-state index contributed by atoms with van der Waals surface area (Å²) in [5.74, 6) is -0.407. The van der Waals surface area contributed by atoms with E-state index in [-0.39, 0.29) is 13.0 Å². The fourth-order valence-electron chi connectivity index (χ4n) is 5.03. The quantitative estimate of drug-likeness (QED) is 0.0243. The van der Waals surface area contributed by atoms with Crippen LogP contribution in [0.4, 0.5) is 0 Å². The highest BCUT2D eigenvalue weighted by molar-refractivity contribution is 7.47. The third kappa shape index (κ3) is 39.4. The lowest BCUT2D eigenvalue weighted by molar-refractivity contribution is -0.154. The highest BCUT2D eigenvalue weighted by Crippen LogP contribution is 2.43. The number of unbranched alkanes of at least 4 members (excludes halogenated alkanes) is 12. The third-order valence-electron chi connectivity index (χ3n) is 8.11. The Morgan fingerprint density at radius 1 is 0.604 bits per heavy atom. The minimum Gasteiger partial charge on any atom is -0.457 e. The summed E-state index contributed by atoms with van der Waals surface area (Å²) in [5.41, 5.74) is 0. The number of allylic oxidation sites excluding steroid dienone is 12. The Morgan fingerprint density at radius 3 is 1.64 bits per heavy atom.